The molecule has 29 heavy (non-hydrogen) atoms. The van der Waals surface area contributed by atoms with Gasteiger partial charge >= 0.3 is 5.63 Å². The van der Waals surface area contributed by atoms with Crippen LogP contribution in [0.5, 0.6) is 0 Å². The van der Waals surface area contributed by atoms with Crippen molar-refractivity contribution in [3.63, 3.8) is 0 Å². The predicted molar refractivity (Wildman–Crippen MR) is 103 cm³/mol. The number of aryl methyl sites for hydroxylation is 2. The average Bonchev–Trinajstić information content (AvgIpc) is 2.63. The predicted octanol–water partition coefficient (Wildman–Crippen LogP) is 3.90. The van der Waals surface area contributed by atoms with Crippen molar-refractivity contribution in [3.05, 3.63) is 74.9 Å². The number of carbonyl (C=O) groups is 1. The van der Waals surface area contributed by atoms with Gasteiger partial charge in [-0.15, -0.1) is 0 Å². The Labute approximate surface area is 164 Å². The maximum atomic E-state index is 13.7. The van der Waals surface area contributed by atoms with Crippen LogP contribution in [0.1, 0.15) is 16.7 Å². The van der Waals surface area contributed by atoms with Gasteiger partial charge in [0.15, 0.2) is 17.5 Å². The fourth-order valence-corrected chi connectivity index (χ4v) is 3.02. The quantitative estimate of drug-likeness (QED) is 0.518. The molecule has 1 aromatic heterocycles. The number of hydrogen-bond donors (Lipinski definition) is 1. The summed E-state index contributed by atoms with van der Waals surface area (Å²) >= 11 is 0. The molecule has 1 amide bonds. The van der Waals surface area contributed by atoms with Gasteiger partial charge < -0.3 is 9.73 Å². The fourth-order valence-electron chi connectivity index (χ4n) is 3.02. The van der Waals surface area contributed by atoms with Crippen LogP contribution in [0.3, 0.4) is 0 Å². The van der Waals surface area contributed by atoms with Crippen LogP contribution in [0.25, 0.3) is 11.0 Å². The lowest BCUT2D eigenvalue weighted by Crippen LogP contribution is -2.30. The molecule has 0 spiro atoms. The molecule has 1 N–H and O–H groups in total. The van der Waals surface area contributed by atoms with Gasteiger partial charge in [0.1, 0.15) is 5.58 Å². The molecule has 8 heteroatoms. The monoisotopic (exact) mass is 404 g/mol. The second kappa shape index (κ2) is 8.08. The summed E-state index contributed by atoms with van der Waals surface area (Å²) in [5, 5.41) is 2.97. The molecule has 0 saturated heterocycles. The summed E-state index contributed by atoms with van der Waals surface area (Å²) in [5.41, 5.74) is 2.20. The maximum absolute atomic E-state index is 13.7. The fraction of sp³-hybridized carbons (Fsp3) is 0.238. The number of nitrogens with zero attached hydrogens (tertiary/aromatic N) is 1. The Morgan fingerprint density at radius 2 is 1.76 bits per heavy atom. The van der Waals surface area contributed by atoms with Crippen molar-refractivity contribution in [3.8, 4) is 0 Å². The van der Waals surface area contributed by atoms with Gasteiger partial charge in [-0.2, -0.15) is 0 Å². The van der Waals surface area contributed by atoms with Gasteiger partial charge in [0.25, 0.3) is 0 Å². The summed E-state index contributed by atoms with van der Waals surface area (Å²) in [4.78, 5) is 25.7. The van der Waals surface area contributed by atoms with Crippen molar-refractivity contribution in [2.24, 2.45) is 0 Å². The Bertz CT molecular complexity index is 1160. The van der Waals surface area contributed by atoms with Crippen LogP contribution in [0.2, 0.25) is 0 Å². The molecule has 0 unspecified atom stereocenters. The highest BCUT2D eigenvalue weighted by Crippen LogP contribution is 2.23. The Morgan fingerprint density at radius 1 is 1.07 bits per heavy atom. The lowest BCUT2D eigenvalue weighted by atomic mass is 10.0. The zero-order chi connectivity index (χ0) is 21.3. The number of fused-ring (bicyclic) bond motifs is 1. The molecule has 0 aliphatic heterocycles. The number of rotatable bonds is 5. The van der Waals surface area contributed by atoms with E-state index >= 15 is 0 Å². The Kier molecular flexibility index (Phi) is 5.74. The number of amides is 1. The maximum Gasteiger partial charge on any atom is 0.336 e. The van der Waals surface area contributed by atoms with E-state index in [1.165, 1.54) is 6.07 Å². The number of likely N-dealkylation sites (N-methyl/N-ethyl adjacent to an activating group) is 1. The first-order chi connectivity index (χ1) is 13.7. The molecule has 0 bridgehead atoms. The van der Waals surface area contributed by atoms with Crippen LogP contribution in [0.4, 0.5) is 18.9 Å². The van der Waals surface area contributed by atoms with Crippen LogP contribution in [0, 0.1) is 31.3 Å². The Balaban J connectivity index is 1.76. The Hall–Kier alpha value is -3.13. The van der Waals surface area contributed by atoms with E-state index in [1.807, 2.05) is 19.9 Å². The first kappa shape index (κ1) is 20.6. The molecule has 0 aliphatic rings. The third kappa shape index (κ3) is 4.48. The summed E-state index contributed by atoms with van der Waals surface area (Å²) in [6.07, 6.45) is 0. The van der Waals surface area contributed by atoms with E-state index < -0.39 is 34.7 Å². The number of carbonyl (C=O) groups excluding carboxylic acids is 1. The van der Waals surface area contributed by atoms with Gasteiger partial charge in [-0.1, -0.05) is 0 Å². The highest BCUT2D eigenvalue weighted by atomic mass is 19.2. The second-order valence-electron chi connectivity index (χ2n) is 6.97. The van der Waals surface area contributed by atoms with Crippen molar-refractivity contribution in [2.45, 2.75) is 20.4 Å². The number of nitrogens with one attached hydrogen (secondary N) is 1. The minimum atomic E-state index is -1.65. The molecule has 3 aromatic rings. The van der Waals surface area contributed by atoms with E-state index in [9.17, 15) is 22.8 Å². The smallest absolute Gasteiger partial charge is 0.336 e. The zero-order valence-electron chi connectivity index (χ0n) is 16.1. The van der Waals surface area contributed by atoms with Gasteiger partial charge in [0.05, 0.1) is 12.2 Å². The van der Waals surface area contributed by atoms with Crippen LogP contribution >= 0.6 is 0 Å². The molecule has 0 saturated carbocycles. The van der Waals surface area contributed by atoms with Gasteiger partial charge in [-0.05, 0) is 61.9 Å². The van der Waals surface area contributed by atoms with Gasteiger partial charge in [-0.3, -0.25) is 9.69 Å². The standard InChI is InChI=1S/C21H19F3N2O3/c1-11-6-14-13(8-19(28)29-17(14)7-12(11)2)9-26(3)10-18(27)25-16-5-4-15(22)20(23)21(16)24/h4-8H,9-10H2,1-3H3,(H,25,27). The minimum absolute atomic E-state index is 0.162. The molecule has 0 atom stereocenters. The summed E-state index contributed by atoms with van der Waals surface area (Å²) in [6, 6.07) is 6.74. The zero-order valence-corrected chi connectivity index (χ0v) is 16.1. The van der Waals surface area contributed by atoms with Crippen molar-refractivity contribution >= 4 is 22.6 Å². The summed E-state index contributed by atoms with van der Waals surface area (Å²) in [6.45, 7) is 3.94. The van der Waals surface area contributed by atoms with Gasteiger partial charge in [-0.25, -0.2) is 18.0 Å². The molecular weight excluding hydrogens is 385 g/mol. The Morgan fingerprint density at radius 3 is 2.48 bits per heavy atom. The first-order valence-corrected chi connectivity index (χ1v) is 8.81. The molecule has 1 heterocycles. The van der Waals surface area contributed by atoms with Crippen molar-refractivity contribution in [2.75, 3.05) is 18.9 Å². The van der Waals surface area contributed by atoms with E-state index in [0.717, 1.165) is 28.6 Å². The highest BCUT2D eigenvalue weighted by Gasteiger charge is 2.17. The molecular formula is C21H19F3N2O3. The van der Waals surface area contributed by atoms with Crippen molar-refractivity contribution in [1.29, 1.82) is 0 Å². The van der Waals surface area contributed by atoms with Gasteiger partial charge in [0.2, 0.25) is 5.91 Å². The number of benzene rings is 2. The van der Waals surface area contributed by atoms with Crippen LogP contribution in [-0.4, -0.2) is 24.4 Å². The number of anilines is 1. The molecule has 0 fully saturated rings. The molecule has 0 aliphatic carbocycles. The minimum Gasteiger partial charge on any atom is -0.423 e. The van der Waals surface area contributed by atoms with Crippen LogP contribution in [0.15, 0.2) is 39.5 Å². The molecule has 2 aromatic carbocycles. The van der Waals surface area contributed by atoms with Crippen molar-refractivity contribution < 1.29 is 22.4 Å². The van der Waals surface area contributed by atoms with E-state index in [-0.39, 0.29) is 13.1 Å². The molecule has 5 nitrogen and oxygen atoms in total. The second-order valence-corrected chi connectivity index (χ2v) is 6.97. The average molecular weight is 404 g/mol. The van der Waals surface area contributed by atoms with Crippen LogP contribution < -0.4 is 10.9 Å². The van der Waals surface area contributed by atoms with E-state index in [1.54, 1.807) is 18.0 Å². The first-order valence-electron chi connectivity index (χ1n) is 8.81. The van der Waals surface area contributed by atoms with E-state index in [0.29, 0.717) is 11.1 Å². The summed E-state index contributed by atoms with van der Waals surface area (Å²) in [7, 11) is 1.64. The van der Waals surface area contributed by atoms with Gasteiger partial charge in [0, 0.05) is 18.0 Å². The molecule has 3 rings (SSSR count). The van der Waals surface area contributed by atoms with Crippen LogP contribution in [-0.2, 0) is 11.3 Å². The molecule has 152 valence electrons. The lowest BCUT2D eigenvalue weighted by Gasteiger charge is -2.18. The summed E-state index contributed by atoms with van der Waals surface area (Å²) < 4.78 is 45.2. The summed E-state index contributed by atoms with van der Waals surface area (Å²) in [5.74, 6) is -5.06. The highest BCUT2D eigenvalue weighted by molar-refractivity contribution is 5.92. The third-order valence-electron chi connectivity index (χ3n) is 4.61. The van der Waals surface area contributed by atoms with E-state index in [4.69, 9.17) is 4.42 Å². The number of hydrogen-bond acceptors (Lipinski definition) is 4. The number of halogens is 3. The largest absolute Gasteiger partial charge is 0.423 e. The molecule has 0 radical (unpaired) electrons. The van der Waals surface area contributed by atoms with Crippen molar-refractivity contribution in [1.82, 2.24) is 4.90 Å². The lowest BCUT2D eigenvalue weighted by molar-refractivity contribution is -0.117. The van der Waals surface area contributed by atoms with E-state index in [2.05, 4.69) is 5.32 Å². The topological polar surface area (TPSA) is 62.6 Å². The SMILES string of the molecule is Cc1cc2oc(=O)cc(CN(C)CC(=O)Nc3ccc(F)c(F)c3F)c2cc1C. The third-order valence-corrected chi connectivity index (χ3v) is 4.61. The normalized spacial score (nSPS) is 11.3.